The molecular weight excluding hydrogens is 286 g/mol. The van der Waals surface area contributed by atoms with Crippen molar-refractivity contribution in [3.8, 4) is 5.75 Å². The minimum Gasteiger partial charge on any atom is -0.497 e. The molecule has 0 saturated carbocycles. The van der Waals surface area contributed by atoms with E-state index in [-0.39, 0.29) is 12.5 Å². The molecule has 1 fully saturated rings. The van der Waals surface area contributed by atoms with Crippen LogP contribution in [0, 0.1) is 0 Å². The number of carbonyl (C=O) groups excluding carboxylic acids is 1. The van der Waals surface area contributed by atoms with E-state index in [0.717, 1.165) is 17.7 Å². The fraction of sp³-hybridized carbons (Fsp3) is 0.500. The van der Waals surface area contributed by atoms with Crippen LogP contribution in [-0.4, -0.2) is 54.8 Å². The molecule has 1 aliphatic rings. The van der Waals surface area contributed by atoms with Crippen molar-refractivity contribution in [1.29, 1.82) is 0 Å². The molecule has 1 N–H and O–H groups in total. The number of methoxy groups -OCH3 is 1. The number of aliphatic carboxylic acids is 1. The number of aryl methyl sites for hydroxylation is 1. The van der Waals surface area contributed by atoms with Gasteiger partial charge in [0.15, 0.2) is 6.04 Å². The van der Waals surface area contributed by atoms with Gasteiger partial charge in [-0.3, -0.25) is 4.79 Å². The molecule has 6 nitrogen and oxygen atoms in total. The number of rotatable bonds is 6. The van der Waals surface area contributed by atoms with Crippen LogP contribution in [0.15, 0.2) is 24.3 Å². The zero-order chi connectivity index (χ0) is 15.9. The van der Waals surface area contributed by atoms with Crippen LogP contribution in [0.1, 0.15) is 18.4 Å². The van der Waals surface area contributed by atoms with Gasteiger partial charge < -0.3 is 19.5 Å². The largest absolute Gasteiger partial charge is 0.497 e. The van der Waals surface area contributed by atoms with Crippen LogP contribution < -0.4 is 4.74 Å². The molecule has 1 saturated heterocycles. The Labute approximate surface area is 129 Å². The van der Waals surface area contributed by atoms with Crippen molar-refractivity contribution in [2.45, 2.75) is 25.3 Å². The van der Waals surface area contributed by atoms with Crippen molar-refractivity contribution in [2.24, 2.45) is 0 Å². The van der Waals surface area contributed by atoms with E-state index in [1.807, 2.05) is 24.3 Å². The number of carbonyl (C=O) groups is 2. The third-order valence-electron chi connectivity index (χ3n) is 3.75. The van der Waals surface area contributed by atoms with E-state index in [1.54, 1.807) is 7.11 Å². The van der Waals surface area contributed by atoms with Gasteiger partial charge in [-0.25, -0.2) is 4.79 Å². The highest BCUT2D eigenvalue weighted by molar-refractivity contribution is 5.84. The maximum absolute atomic E-state index is 12.2. The van der Waals surface area contributed by atoms with Crippen molar-refractivity contribution in [1.82, 2.24) is 4.90 Å². The lowest BCUT2D eigenvalue weighted by atomic mass is 10.1. The van der Waals surface area contributed by atoms with Crippen LogP contribution in [0.5, 0.6) is 5.75 Å². The molecule has 1 amide bonds. The van der Waals surface area contributed by atoms with Crippen LogP contribution >= 0.6 is 0 Å². The van der Waals surface area contributed by atoms with E-state index in [0.29, 0.717) is 26.0 Å². The summed E-state index contributed by atoms with van der Waals surface area (Å²) < 4.78 is 10.2. The van der Waals surface area contributed by atoms with Crippen molar-refractivity contribution < 1.29 is 24.2 Å². The van der Waals surface area contributed by atoms with E-state index < -0.39 is 12.0 Å². The highest BCUT2D eigenvalue weighted by Crippen LogP contribution is 2.15. The summed E-state index contributed by atoms with van der Waals surface area (Å²) in [5.41, 5.74) is 1.13. The molecule has 0 aromatic heterocycles. The number of nitrogens with zero attached hydrogens (tertiary/aromatic N) is 1. The Bertz CT molecular complexity index is 514. The Kier molecular flexibility index (Phi) is 5.77. The second-order valence-corrected chi connectivity index (χ2v) is 5.22. The summed E-state index contributed by atoms with van der Waals surface area (Å²) in [5, 5.41) is 9.12. The molecular formula is C16H21NO5. The van der Waals surface area contributed by atoms with Gasteiger partial charge in [-0.1, -0.05) is 12.1 Å². The quantitative estimate of drug-likeness (QED) is 0.858. The summed E-state index contributed by atoms with van der Waals surface area (Å²) in [6, 6.07) is 6.86. The number of hydrogen-bond donors (Lipinski definition) is 1. The number of carboxylic acids is 1. The Morgan fingerprint density at radius 3 is 2.73 bits per heavy atom. The normalized spacial score (nSPS) is 18.0. The Balaban J connectivity index is 1.82. The summed E-state index contributed by atoms with van der Waals surface area (Å²) in [5.74, 6) is -0.329. The van der Waals surface area contributed by atoms with Gasteiger partial charge in [0.2, 0.25) is 5.91 Å². The number of amides is 1. The number of hydrogen-bond acceptors (Lipinski definition) is 4. The third kappa shape index (κ3) is 4.21. The summed E-state index contributed by atoms with van der Waals surface area (Å²) in [6.07, 6.45) is 1.81. The van der Waals surface area contributed by atoms with Gasteiger partial charge in [-0.15, -0.1) is 0 Å². The van der Waals surface area contributed by atoms with Gasteiger partial charge in [0, 0.05) is 13.0 Å². The molecule has 6 heteroatoms. The third-order valence-corrected chi connectivity index (χ3v) is 3.75. The predicted octanol–water partition coefficient (Wildman–Crippen LogP) is 1.33. The molecule has 120 valence electrons. The topological polar surface area (TPSA) is 76.1 Å². The van der Waals surface area contributed by atoms with Crippen LogP contribution in [0.4, 0.5) is 0 Å². The van der Waals surface area contributed by atoms with Crippen molar-refractivity contribution in [3.05, 3.63) is 29.8 Å². The van der Waals surface area contributed by atoms with Gasteiger partial charge >= 0.3 is 5.97 Å². The Morgan fingerprint density at radius 1 is 1.36 bits per heavy atom. The van der Waals surface area contributed by atoms with E-state index in [1.165, 1.54) is 4.90 Å². The molecule has 1 aromatic carbocycles. The summed E-state index contributed by atoms with van der Waals surface area (Å²) in [7, 11) is 1.62. The zero-order valence-electron chi connectivity index (χ0n) is 12.7. The number of ether oxygens (including phenoxy) is 2. The molecule has 22 heavy (non-hydrogen) atoms. The molecule has 0 spiro atoms. The lowest BCUT2D eigenvalue weighted by Gasteiger charge is -2.32. The minimum absolute atomic E-state index is 0.0690. The first-order valence-corrected chi connectivity index (χ1v) is 7.35. The zero-order valence-corrected chi connectivity index (χ0v) is 12.7. The second-order valence-electron chi connectivity index (χ2n) is 5.22. The lowest BCUT2D eigenvalue weighted by molar-refractivity contribution is -0.158. The minimum atomic E-state index is -1.01. The Hall–Kier alpha value is -2.08. The highest BCUT2D eigenvalue weighted by atomic mass is 16.5. The maximum Gasteiger partial charge on any atom is 0.328 e. The molecule has 0 aliphatic carbocycles. The SMILES string of the molecule is COc1ccc(CCCC(=O)N2CCOC[C@@H]2C(=O)O)cc1. The van der Waals surface area contributed by atoms with Gasteiger partial charge in [-0.2, -0.15) is 0 Å². The van der Waals surface area contributed by atoms with Crippen molar-refractivity contribution >= 4 is 11.9 Å². The molecule has 0 bridgehead atoms. The molecule has 1 heterocycles. The van der Waals surface area contributed by atoms with Crippen LogP contribution in [0.25, 0.3) is 0 Å². The molecule has 0 unspecified atom stereocenters. The molecule has 2 rings (SSSR count). The van der Waals surface area contributed by atoms with E-state index >= 15 is 0 Å². The molecule has 0 radical (unpaired) electrons. The van der Waals surface area contributed by atoms with Crippen LogP contribution in [0.2, 0.25) is 0 Å². The van der Waals surface area contributed by atoms with E-state index in [9.17, 15) is 9.59 Å². The van der Waals surface area contributed by atoms with Gasteiger partial charge in [0.05, 0.1) is 20.3 Å². The van der Waals surface area contributed by atoms with E-state index in [2.05, 4.69) is 0 Å². The lowest BCUT2D eigenvalue weighted by Crippen LogP contribution is -2.52. The van der Waals surface area contributed by atoms with Crippen molar-refractivity contribution in [2.75, 3.05) is 26.9 Å². The maximum atomic E-state index is 12.2. The molecule has 1 aromatic rings. The van der Waals surface area contributed by atoms with Crippen LogP contribution in [0.3, 0.4) is 0 Å². The highest BCUT2D eigenvalue weighted by Gasteiger charge is 2.32. The monoisotopic (exact) mass is 307 g/mol. The molecule has 1 atom stereocenters. The van der Waals surface area contributed by atoms with Crippen molar-refractivity contribution in [3.63, 3.8) is 0 Å². The first-order chi connectivity index (χ1) is 10.6. The van der Waals surface area contributed by atoms with Crippen LogP contribution in [-0.2, 0) is 20.7 Å². The summed E-state index contributed by atoms with van der Waals surface area (Å²) in [4.78, 5) is 24.7. The standard InChI is InChI=1S/C16H21NO5/c1-21-13-7-5-12(6-8-13)3-2-4-15(18)17-9-10-22-11-14(17)16(19)20/h5-8,14H,2-4,9-11H2,1H3,(H,19,20)/t14-/m1/s1. The smallest absolute Gasteiger partial charge is 0.328 e. The summed E-state index contributed by atoms with van der Waals surface area (Å²) >= 11 is 0. The second kappa shape index (κ2) is 7.79. The van der Waals surface area contributed by atoms with Gasteiger partial charge in [0.25, 0.3) is 0 Å². The van der Waals surface area contributed by atoms with Gasteiger partial charge in [-0.05, 0) is 30.5 Å². The predicted molar refractivity (Wildman–Crippen MR) is 79.9 cm³/mol. The Morgan fingerprint density at radius 2 is 2.09 bits per heavy atom. The van der Waals surface area contributed by atoms with Gasteiger partial charge in [0.1, 0.15) is 5.75 Å². The fourth-order valence-electron chi connectivity index (χ4n) is 2.49. The first-order valence-electron chi connectivity index (χ1n) is 7.35. The van der Waals surface area contributed by atoms with E-state index in [4.69, 9.17) is 14.6 Å². The number of carboxylic acid groups (broad SMARTS) is 1. The fourth-order valence-corrected chi connectivity index (χ4v) is 2.49. The number of morpholine rings is 1. The average Bonchev–Trinajstić information content (AvgIpc) is 2.55. The first kappa shape index (κ1) is 16.3. The summed E-state index contributed by atoms with van der Waals surface area (Å²) in [6.45, 7) is 0.811. The average molecular weight is 307 g/mol. The molecule has 1 aliphatic heterocycles. The number of benzene rings is 1.